The van der Waals surface area contributed by atoms with Gasteiger partial charge < -0.3 is 24.8 Å². The zero-order valence-corrected chi connectivity index (χ0v) is 29.1. The molecule has 1 unspecified atom stereocenters. The Bertz CT molecular complexity index is 1120. The number of aliphatic hydroxyl groups is 3. The predicted octanol–water partition coefficient (Wildman–Crippen LogP) is 6.24. The molecule has 8 atom stereocenters. The first-order valence-corrected chi connectivity index (χ1v) is 17.4. The van der Waals surface area contributed by atoms with Crippen LogP contribution >= 0.6 is 0 Å². The summed E-state index contributed by atoms with van der Waals surface area (Å²) in [4.78, 5) is 40.8. The van der Waals surface area contributed by atoms with E-state index >= 15 is 0 Å². The Morgan fingerprint density at radius 3 is 2.13 bits per heavy atom. The molecule has 1 spiro atoms. The number of carbonyl (C=O) groups is 3. The first-order chi connectivity index (χ1) is 21.1. The SMILES string of the molecule is CCCCCCCCCCCC(=O)O[C@@H]1[C@@H]2C=C(COC(=O)C(C)C(C)C)[C@@H](O)[C@]3(O)[C@@H](O)C(C)=C[C@@]3(C2=O)[C@H](C)CC1(C)C. The van der Waals surface area contributed by atoms with Crippen molar-refractivity contribution in [3.8, 4) is 0 Å². The highest BCUT2D eigenvalue weighted by atomic mass is 16.5. The van der Waals surface area contributed by atoms with Crippen LogP contribution in [0.1, 0.15) is 126 Å². The van der Waals surface area contributed by atoms with Gasteiger partial charge in [0.2, 0.25) is 0 Å². The Labute approximate surface area is 271 Å². The highest BCUT2D eigenvalue weighted by Gasteiger charge is 2.72. The van der Waals surface area contributed by atoms with Crippen LogP contribution < -0.4 is 0 Å². The summed E-state index contributed by atoms with van der Waals surface area (Å²) in [6, 6.07) is 0. The second-order valence-electron chi connectivity index (χ2n) is 15.2. The fourth-order valence-corrected chi connectivity index (χ4v) is 7.98. The van der Waals surface area contributed by atoms with Gasteiger partial charge in [0, 0.05) is 11.8 Å². The molecule has 0 aromatic rings. The quantitative estimate of drug-likeness (QED) is 0.110. The highest BCUT2D eigenvalue weighted by Crippen LogP contribution is 2.61. The van der Waals surface area contributed by atoms with Gasteiger partial charge in [0.15, 0.2) is 5.78 Å². The smallest absolute Gasteiger partial charge is 0.309 e. The molecule has 3 N–H and O–H groups in total. The van der Waals surface area contributed by atoms with Crippen molar-refractivity contribution in [2.24, 2.45) is 34.5 Å². The molecule has 2 bridgehead atoms. The lowest BCUT2D eigenvalue weighted by molar-refractivity contribution is -0.190. The van der Waals surface area contributed by atoms with Gasteiger partial charge in [0.05, 0.1) is 17.3 Å². The second-order valence-corrected chi connectivity index (χ2v) is 15.2. The van der Waals surface area contributed by atoms with Crippen molar-refractivity contribution in [1.29, 1.82) is 0 Å². The summed E-state index contributed by atoms with van der Waals surface area (Å²) >= 11 is 0. The average molecular weight is 633 g/mol. The van der Waals surface area contributed by atoms with E-state index in [0.29, 0.717) is 18.4 Å². The van der Waals surface area contributed by atoms with Crippen LogP contribution in [0.25, 0.3) is 0 Å². The van der Waals surface area contributed by atoms with Gasteiger partial charge in [-0.15, -0.1) is 0 Å². The number of carbonyl (C=O) groups excluding carboxylic acids is 3. The summed E-state index contributed by atoms with van der Waals surface area (Å²) in [6.07, 6.45) is 9.83. The third-order valence-electron chi connectivity index (χ3n) is 11.0. The van der Waals surface area contributed by atoms with E-state index in [1.54, 1.807) is 19.9 Å². The molecule has 1 saturated carbocycles. The molecule has 0 heterocycles. The van der Waals surface area contributed by atoms with E-state index in [2.05, 4.69) is 6.92 Å². The van der Waals surface area contributed by atoms with Crippen molar-refractivity contribution in [1.82, 2.24) is 0 Å². The predicted molar refractivity (Wildman–Crippen MR) is 174 cm³/mol. The third kappa shape index (κ3) is 7.43. The Kier molecular flexibility index (Phi) is 12.7. The van der Waals surface area contributed by atoms with Crippen molar-refractivity contribution in [2.45, 2.75) is 150 Å². The number of ketones is 1. The molecule has 0 aromatic heterocycles. The van der Waals surface area contributed by atoms with E-state index < -0.39 is 64.2 Å². The Morgan fingerprint density at radius 1 is 0.978 bits per heavy atom. The molecule has 3 aliphatic carbocycles. The number of Topliss-reactive ketones (excluding diaryl/α,β-unsaturated/α-hetero) is 1. The fourth-order valence-electron chi connectivity index (χ4n) is 7.98. The summed E-state index contributed by atoms with van der Waals surface area (Å²) in [5.74, 6) is -3.15. The highest BCUT2D eigenvalue weighted by molar-refractivity contribution is 5.95. The Balaban J connectivity index is 1.89. The van der Waals surface area contributed by atoms with Crippen molar-refractivity contribution in [2.75, 3.05) is 6.61 Å². The largest absolute Gasteiger partial charge is 0.461 e. The molecule has 0 aromatic carbocycles. The van der Waals surface area contributed by atoms with Crippen LogP contribution in [0.4, 0.5) is 0 Å². The van der Waals surface area contributed by atoms with Crippen molar-refractivity contribution in [3.63, 3.8) is 0 Å². The first-order valence-electron chi connectivity index (χ1n) is 17.4. The maximum absolute atomic E-state index is 14.7. The standard InChI is InChI=1S/C37H60O8/c1-9-10-11-12-13-14-15-16-17-18-29(38)45-33-28-19-27(22-44-34(42)26(6)23(2)3)31(40)37(43)30(39)24(4)20-36(37,32(28)41)25(5)21-35(33,7)8/h19-20,23,25-26,28,30-31,33,39-40,43H,9-18,21-22H2,1-8H3/t25-,26?,28-,30+,31-,33-,36+,37-/m1/s1. The Morgan fingerprint density at radius 2 is 1.56 bits per heavy atom. The average Bonchev–Trinajstić information content (AvgIpc) is 3.13. The maximum atomic E-state index is 14.7. The molecule has 0 saturated heterocycles. The lowest BCUT2D eigenvalue weighted by Gasteiger charge is -2.48. The van der Waals surface area contributed by atoms with Gasteiger partial charge in [-0.05, 0) is 42.7 Å². The van der Waals surface area contributed by atoms with Crippen LogP contribution in [0.3, 0.4) is 0 Å². The number of ether oxygens (including phenoxy) is 2. The minimum Gasteiger partial charge on any atom is -0.461 e. The monoisotopic (exact) mass is 632 g/mol. The minimum atomic E-state index is -2.28. The number of esters is 2. The van der Waals surface area contributed by atoms with Gasteiger partial charge in [0.25, 0.3) is 0 Å². The van der Waals surface area contributed by atoms with Gasteiger partial charge in [-0.25, -0.2) is 0 Å². The van der Waals surface area contributed by atoms with E-state index in [4.69, 9.17) is 9.47 Å². The van der Waals surface area contributed by atoms with Crippen molar-refractivity contribution >= 4 is 17.7 Å². The molecule has 8 heteroatoms. The molecule has 3 aliphatic rings. The topological polar surface area (TPSA) is 130 Å². The number of aliphatic hydroxyl groups excluding tert-OH is 2. The van der Waals surface area contributed by atoms with E-state index in [1.807, 2.05) is 34.6 Å². The maximum Gasteiger partial charge on any atom is 0.309 e. The summed E-state index contributed by atoms with van der Waals surface area (Å²) in [6.45, 7) is 14.8. The van der Waals surface area contributed by atoms with Gasteiger partial charge in [0.1, 0.15) is 30.5 Å². The van der Waals surface area contributed by atoms with Crippen LogP contribution in [0.15, 0.2) is 23.3 Å². The molecular weight excluding hydrogens is 572 g/mol. The van der Waals surface area contributed by atoms with Gasteiger partial charge in [-0.3, -0.25) is 14.4 Å². The third-order valence-corrected chi connectivity index (χ3v) is 11.0. The Hall–Kier alpha value is -2.03. The molecule has 256 valence electrons. The molecule has 0 radical (unpaired) electrons. The number of hydrogen-bond acceptors (Lipinski definition) is 8. The summed E-state index contributed by atoms with van der Waals surface area (Å²) in [7, 11) is 0. The van der Waals surface area contributed by atoms with Crippen LogP contribution in [0.5, 0.6) is 0 Å². The molecule has 1 fully saturated rings. The number of fused-ring (bicyclic) bond motifs is 1. The summed E-state index contributed by atoms with van der Waals surface area (Å²) in [5.41, 5.74) is -4.09. The van der Waals surface area contributed by atoms with E-state index in [0.717, 1.165) is 19.3 Å². The van der Waals surface area contributed by atoms with Gasteiger partial charge in [-0.1, -0.05) is 112 Å². The zero-order valence-electron chi connectivity index (χ0n) is 29.1. The molecular formula is C37H60O8. The van der Waals surface area contributed by atoms with Crippen molar-refractivity contribution < 1.29 is 39.2 Å². The lowest BCUT2D eigenvalue weighted by Crippen LogP contribution is -2.65. The van der Waals surface area contributed by atoms with E-state index in [1.165, 1.54) is 38.2 Å². The van der Waals surface area contributed by atoms with Crippen LogP contribution in [0.2, 0.25) is 0 Å². The summed E-state index contributed by atoms with van der Waals surface area (Å²) in [5, 5.41) is 35.4. The lowest BCUT2D eigenvalue weighted by atomic mass is 9.59. The molecule has 0 amide bonds. The van der Waals surface area contributed by atoms with Gasteiger partial charge >= 0.3 is 11.9 Å². The minimum absolute atomic E-state index is 0.0297. The van der Waals surface area contributed by atoms with Gasteiger partial charge in [-0.2, -0.15) is 0 Å². The number of hydrogen-bond donors (Lipinski definition) is 3. The molecule has 45 heavy (non-hydrogen) atoms. The van der Waals surface area contributed by atoms with E-state index in [9.17, 15) is 29.7 Å². The molecule has 8 nitrogen and oxygen atoms in total. The number of unbranched alkanes of at least 4 members (excludes halogenated alkanes) is 8. The fraction of sp³-hybridized carbons (Fsp3) is 0.811. The molecule has 3 rings (SSSR count). The second kappa shape index (κ2) is 15.2. The summed E-state index contributed by atoms with van der Waals surface area (Å²) < 4.78 is 11.8. The number of rotatable bonds is 15. The van der Waals surface area contributed by atoms with Crippen LogP contribution in [-0.2, 0) is 23.9 Å². The zero-order chi connectivity index (χ0) is 33.7. The van der Waals surface area contributed by atoms with Crippen molar-refractivity contribution in [3.05, 3.63) is 23.3 Å². The van der Waals surface area contributed by atoms with E-state index in [-0.39, 0.29) is 30.5 Å². The molecule has 0 aliphatic heterocycles. The normalized spacial score (nSPS) is 33.1. The van der Waals surface area contributed by atoms with Crippen LogP contribution in [-0.4, -0.2) is 63.6 Å². The van der Waals surface area contributed by atoms with Crippen LogP contribution in [0, 0.1) is 34.5 Å². The first kappa shape index (κ1) is 37.4.